The van der Waals surface area contributed by atoms with Crippen molar-refractivity contribution in [1.29, 1.82) is 0 Å². The minimum Gasteiger partial charge on any atom is -0.354 e. The first-order chi connectivity index (χ1) is 18.8. The highest BCUT2D eigenvalue weighted by Crippen LogP contribution is 2.25. The van der Waals surface area contributed by atoms with E-state index < -0.39 is 28.5 Å². The largest absolute Gasteiger partial charge is 0.354 e. The number of amides is 2. The zero-order valence-corrected chi connectivity index (χ0v) is 25.2. The lowest BCUT2D eigenvalue weighted by Gasteiger charge is -2.34. The summed E-state index contributed by atoms with van der Waals surface area (Å²) in [7, 11) is -3.81. The molecule has 8 heteroatoms. The third-order valence-electron chi connectivity index (χ3n) is 6.70. The van der Waals surface area contributed by atoms with Crippen LogP contribution in [0.4, 0.5) is 5.69 Å². The van der Waals surface area contributed by atoms with Crippen LogP contribution in [0.25, 0.3) is 0 Å². The van der Waals surface area contributed by atoms with Crippen molar-refractivity contribution in [2.75, 3.05) is 23.7 Å². The highest BCUT2D eigenvalue weighted by atomic mass is 32.2. The number of carbonyl (C=O) groups is 2. The van der Waals surface area contributed by atoms with E-state index >= 15 is 0 Å². The van der Waals surface area contributed by atoms with Crippen LogP contribution in [0, 0.1) is 26.7 Å². The summed E-state index contributed by atoms with van der Waals surface area (Å²) in [5.41, 5.74) is 4.87. The fraction of sp³-hybridized carbons (Fsp3) is 0.375. The summed E-state index contributed by atoms with van der Waals surface area (Å²) in [6.45, 7) is 9.90. The summed E-state index contributed by atoms with van der Waals surface area (Å²) in [6, 6.07) is 22.0. The molecule has 0 saturated heterocycles. The lowest BCUT2D eigenvalue weighted by atomic mass is 10.0. The molecule has 214 valence electrons. The van der Waals surface area contributed by atoms with Crippen molar-refractivity contribution in [3.63, 3.8) is 0 Å². The van der Waals surface area contributed by atoms with Crippen LogP contribution >= 0.6 is 0 Å². The van der Waals surface area contributed by atoms with Crippen molar-refractivity contribution in [2.45, 2.75) is 53.6 Å². The van der Waals surface area contributed by atoms with Gasteiger partial charge in [-0.05, 0) is 55.0 Å². The molecule has 0 aromatic heterocycles. The molecule has 0 radical (unpaired) electrons. The van der Waals surface area contributed by atoms with E-state index in [2.05, 4.69) is 5.32 Å². The van der Waals surface area contributed by atoms with Crippen LogP contribution in [-0.4, -0.2) is 50.5 Å². The van der Waals surface area contributed by atoms with Crippen molar-refractivity contribution in [3.05, 3.63) is 101 Å². The number of sulfonamides is 1. The predicted molar refractivity (Wildman–Crippen MR) is 162 cm³/mol. The average molecular weight is 564 g/mol. The molecule has 3 rings (SSSR count). The summed E-state index contributed by atoms with van der Waals surface area (Å²) < 4.78 is 27.2. The van der Waals surface area contributed by atoms with Crippen molar-refractivity contribution in [2.24, 2.45) is 5.92 Å². The first-order valence-corrected chi connectivity index (χ1v) is 15.4. The third kappa shape index (κ3) is 8.68. The highest BCUT2D eigenvalue weighted by Gasteiger charge is 2.33. The second kappa shape index (κ2) is 13.6. The van der Waals surface area contributed by atoms with Gasteiger partial charge in [0.15, 0.2) is 0 Å². The van der Waals surface area contributed by atoms with E-state index in [1.54, 1.807) is 6.07 Å². The molecule has 3 aromatic rings. The molecule has 0 heterocycles. The van der Waals surface area contributed by atoms with E-state index in [1.165, 1.54) is 4.90 Å². The Kier molecular flexibility index (Phi) is 10.5. The van der Waals surface area contributed by atoms with Gasteiger partial charge in [0.05, 0.1) is 11.9 Å². The van der Waals surface area contributed by atoms with Crippen LogP contribution in [0.3, 0.4) is 0 Å². The van der Waals surface area contributed by atoms with Gasteiger partial charge in [-0.2, -0.15) is 0 Å². The van der Waals surface area contributed by atoms with Crippen molar-refractivity contribution >= 4 is 27.5 Å². The van der Waals surface area contributed by atoms with E-state index in [9.17, 15) is 18.0 Å². The Bertz CT molecular complexity index is 1420. The molecule has 1 atom stereocenters. The average Bonchev–Trinajstić information content (AvgIpc) is 2.89. The van der Waals surface area contributed by atoms with Crippen molar-refractivity contribution in [1.82, 2.24) is 10.2 Å². The van der Waals surface area contributed by atoms with Crippen molar-refractivity contribution < 1.29 is 18.0 Å². The Morgan fingerprint density at radius 3 is 2.12 bits per heavy atom. The van der Waals surface area contributed by atoms with Gasteiger partial charge in [0.1, 0.15) is 12.6 Å². The second-order valence-electron chi connectivity index (χ2n) is 10.9. The van der Waals surface area contributed by atoms with Crippen LogP contribution in [0.1, 0.15) is 41.7 Å². The monoisotopic (exact) mass is 563 g/mol. The van der Waals surface area contributed by atoms with Gasteiger partial charge in [-0.25, -0.2) is 8.42 Å². The molecular formula is C32H41N3O4S. The molecular weight excluding hydrogens is 522 g/mol. The fourth-order valence-corrected chi connectivity index (χ4v) is 5.47. The van der Waals surface area contributed by atoms with Gasteiger partial charge in [-0.15, -0.1) is 0 Å². The van der Waals surface area contributed by atoms with E-state index in [1.807, 2.05) is 101 Å². The highest BCUT2D eigenvalue weighted by molar-refractivity contribution is 7.92. The van der Waals surface area contributed by atoms with Gasteiger partial charge in [0, 0.05) is 19.5 Å². The van der Waals surface area contributed by atoms with E-state index in [4.69, 9.17) is 0 Å². The van der Waals surface area contributed by atoms with Crippen molar-refractivity contribution in [3.8, 4) is 0 Å². The van der Waals surface area contributed by atoms with Crippen LogP contribution in [0.5, 0.6) is 0 Å². The second-order valence-corrected chi connectivity index (χ2v) is 12.8. The normalized spacial score (nSPS) is 12.2. The molecule has 0 aliphatic heterocycles. The molecule has 0 spiro atoms. The van der Waals surface area contributed by atoms with Gasteiger partial charge < -0.3 is 10.2 Å². The standard InChI is InChI=1S/C32H41N3O4S/c1-23(2)20-33-32(37)30(19-27-12-8-7-9-13-27)34(21-28-14-10-11-24(3)17-28)31(36)22-35(40(6,38)39)29-18-25(4)15-16-26(29)5/h7-18,23,30H,19-22H2,1-6H3,(H,33,37). The Morgan fingerprint density at radius 2 is 1.50 bits per heavy atom. The lowest BCUT2D eigenvalue weighted by molar-refractivity contribution is -0.140. The maximum Gasteiger partial charge on any atom is 0.244 e. The van der Waals surface area contributed by atoms with E-state index in [0.717, 1.165) is 38.4 Å². The first-order valence-electron chi connectivity index (χ1n) is 13.6. The molecule has 0 aliphatic carbocycles. The SMILES string of the molecule is Cc1cccc(CN(C(=O)CN(c2cc(C)ccc2C)S(C)(=O)=O)C(Cc2ccccc2)C(=O)NCC(C)C)c1. The summed E-state index contributed by atoms with van der Waals surface area (Å²) >= 11 is 0. The topological polar surface area (TPSA) is 86.8 Å². The number of nitrogens with one attached hydrogen (secondary N) is 1. The smallest absolute Gasteiger partial charge is 0.244 e. The van der Waals surface area contributed by atoms with Gasteiger partial charge in [0.2, 0.25) is 21.8 Å². The molecule has 3 aromatic carbocycles. The van der Waals surface area contributed by atoms with Crippen LogP contribution in [0.15, 0.2) is 72.8 Å². The van der Waals surface area contributed by atoms with Gasteiger partial charge in [-0.3, -0.25) is 13.9 Å². The maximum atomic E-state index is 14.2. The quantitative estimate of drug-likeness (QED) is 0.343. The van der Waals surface area contributed by atoms with E-state index in [0.29, 0.717) is 18.7 Å². The Morgan fingerprint density at radius 1 is 0.850 bits per heavy atom. The molecule has 40 heavy (non-hydrogen) atoms. The molecule has 0 bridgehead atoms. The first kappa shape index (κ1) is 30.9. The molecule has 7 nitrogen and oxygen atoms in total. The third-order valence-corrected chi connectivity index (χ3v) is 7.83. The Labute approximate surface area is 239 Å². The summed E-state index contributed by atoms with van der Waals surface area (Å²) in [4.78, 5) is 29.4. The Balaban J connectivity index is 2.07. The molecule has 1 N–H and O–H groups in total. The molecule has 0 fully saturated rings. The summed E-state index contributed by atoms with van der Waals surface area (Å²) in [6.07, 6.45) is 1.40. The summed E-state index contributed by atoms with van der Waals surface area (Å²) in [5, 5.41) is 3.00. The van der Waals surface area contributed by atoms with Gasteiger partial charge in [-0.1, -0.05) is 86.1 Å². The molecule has 0 aliphatic rings. The summed E-state index contributed by atoms with van der Waals surface area (Å²) in [5.74, 6) is -0.489. The van der Waals surface area contributed by atoms with Crippen LogP contribution in [-0.2, 0) is 32.6 Å². The fourth-order valence-electron chi connectivity index (χ4n) is 4.57. The number of hydrogen-bond acceptors (Lipinski definition) is 4. The van der Waals surface area contributed by atoms with Gasteiger partial charge >= 0.3 is 0 Å². The number of nitrogens with zero attached hydrogens (tertiary/aromatic N) is 2. The minimum absolute atomic E-state index is 0.164. The lowest BCUT2D eigenvalue weighted by Crippen LogP contribution is -2.53. The van der Waals surface area contributed by atoms with Crippen LogP contribution in [0.2, 0.25) is 0 Å². The number of rotatable bonds is 12. The number of benzene rings is 3. The number of hydrogen-bond donors (Lipinski definition) is 1. The number of anilines is 1. The minimum atomic E-state index is -3.81. The van der Waals surface area contributed by atoms with Crippen LogP contribution < -0.4 is 9.62 Å². The predicted octanol–water partition coefficient (Wildman–Crippen LogP) is 4.79. The molecule has 0 saturated carbocycles. The zero-order chi connectivity index (χ0) is 29.4. The van der Waals surface area contributed by atoms with Gasteiger partial charge in [0.25, 0.3) is 0 Å². The molecule has 2 amide bonds. The number of carbonyl (C=O) groups excluding carboxylic acids is 2. The maximum absolute atomic E-state index is 14.2. The van der Waals surface area contributed by atoms with E-state index in [-0.39, 0.29) is 18.4 Å². The molecule has 1 unspecified atom stereocenters. The Hall–Kier alpha value is -3.65. The number of aryl methyl sites for hydroxylation is 3. The zero-order valence-electron chi connectivity index (χ0n) is 24.3.